The van der Waals surface area contributed by atoms with Gasteiger partial charge in [0.05, 0.1) is 0 Å². The van der Waals surface area contributed by atoms with Crippen molar-refractivity contribution in [3.05, 3.63) is 71.8 Å². The lowest BCUT2D eigenvalue weighted by Crippen LogP contribution is -2.29. The van der Waals surface area contributed by atoms with Crippen LogP contribution in [0.15, 0.2) is 60.7 Å². The molecule has 31 heavy (non-hydrogen) atoms. The van der Waals surface area contributed by atoms with E-state index in [1.807, 2.05) is 0 Å². The quantitative estimate of drug-likeness (QED) is 0.357. The van der Waals surface area contributed by atoms with E-state index in [1.165, 1.54) is 55.5 Å². The summed E-state index contributed by atoms with van der Waals surface area (Å²) in [6, 6.07) is 12.4. The van der Waals surface area contributed by atoms with Crippen LogP contribution in [-0.2, 0) is 28.6 Å². The Kier molecular flexibility index (Phi) is 8.85. The third-order valence-electron chi connectivity index (χ3n) is 3.77. The van der Waals surface area contributed by atoms with E-state index in [2.05, 4.69) is 0 Å². The minimum atomic E-state index is -0.963. The Hall–Kier alpha value is -4.07. The Morgan fingerprint density at radius 3 is 1.52 bits per heavy atom. The zero-order valence-corrected chi connectivity index (χ0v) is 16.8. The van der Waals surface area contributed by atoms with Crippen molar-refractivity contribution in [1.29, 1.82) is 0 Å². The first-order valence-corrected chi connectivity index (χ1v) is 9.27. The third-order valence-corrected chi connectivity index (χ3v) is 3.77. The molecular weight excluding hydrogens is 404 g/mol. The molecule has 2 aromatic carbocycles. The van der Waals surface area contributed by atoms with Crippen molar-refractivity contribution >= 4 is 30.1 Å². The highest BCUT2D eigenvalue weighted by Gasteiger charge is 2.16. The predicted octanol–water partition coefficient (Wildman–Crippen LogP) is 2.84. The topological polar surface area (TPSA) is 119 Å². The number of benzene rings is 2. The minimum absolute atomic E-state index is 0.108. The molecule has 2 rings (SSSR count). The van der Waals surface area contributed by atoms with E-state index < -0.39 is 24.0 Å². The number of hydrogen-bond donors (Lipinski definition) is 2. The molecule has 8 nitrogen and oxygen atoms in total. The second kappa shape index (κ2) is 11.8. The van der Waals surface area contributed by atoms with Crippen molar-refractivity contribution < 1.29 is 38.8 Å². The van der Waals surface area contributed by atoms with Gasteiger partial charge in [0, 0.05) is 19.1 Å². The summed E-state index contributed by atoms with van der Waals surface area (Å²) in [4.78, 5) is 35.0. The summed E-state index contributed by atoms with van der Waals surface area (Å²) in [5, 5.41) is 18.5. The van der Waals surface area contributed by atoms with Crippen molar-refractivity contribution in [2.45, 2.75) is 13.0 Å². The molecule has 0 bridgehead atoms. The molecule has 162 valence electrons. The molecule has 0 aromatic heterocycles. The van der Waals surface area contributed by atoms with Crippen LogP contribution in [0.5, 0.6) is 11.5 Å². The second-order valence-electron chi connectivity index (χ2n) is 6.34. The van der Waals surface area contributed by atoms with E-state index >= 15 is 0 Å². The molecule has 8 heteroatoms. The molecule has 0 aliphatic heterocycles. The summed E-state index contributed by atoms with van der Waals surface area (Å²) in [6.07, 6.45) is 4.40. The van der Waals surface area contributed by atoms with Gasteiger partial charge < -0.3 is 24.4 Å². The van der Waals surface area contributed by atoms with Gasteiger partial charge in [0.15, 0.2) is 6.10 Å². The molecule has 0 saturated carbocycles. The Morgan fingerprint density at radius 1 is 0.774 bits per heavy atom. The number of phenols is 2. The van der Waals surface area contributed by atoms with E-state index in [1.54, 1.807) is 24.3 Å². The summed E-state index contributed by atoms with van der Waals surface area (Å²) >= 11 is 0. The van der Waals surface area contributed by atoms with Gasteiger partial charge in [-0.2, -0.15) is 0 Å². The van der Waals surface area contributed by atoms with Gasteiger partial charge in [0.2, 0.25) is 0 Å². The molecule has 2 aromatic rings. The molecular formula is C23H22O8. The van der Waals surface area contributed by atoms with E-state index in [0.29, 0.717) is 11.1 Å². The van der Waals surface area contributed by atoms with Crippen LogP contribution in [-0.4, -0.2) is 47.4 Å². The average Bonchev–Trinajstić information content (AvgIpc) is 2.74. The summed E-state index contributed by atoms with van der Waals surface area (Å²) < 4.78 is 15.1. The van der Waals surface area contributed by atoms with Crippen molar-refractivity contribution in [3.63, 3.8) is 0 Å². The van der Waals surface area contributed by atoms with Crippen LogP contribution in [0.25, 0.3) is 12.2 Å². The first-order chi connectivity index (χ1) is 14.8. The van der Waals surface area contributed by atoms with Gasteiger partial charge in [-0.3, -0.25) is 4.79 Å². The molecule has 0 spiro atoms. The molecule has 0 aliphatic carbocycles. The molecule has 0 fully saturated rings. The number of hydrogen-bond acceptors (Lipinski definition) is 8. The number of rotatable bonds is 9. The van der Waals surface area contributed by atoms with Gasteiger partial charge in [0.25, 0.3) is 0 Å². The first kappa shape index (κ1) is 23.2. The van der Waals surface area contributed by atoms with Crippen LogP contribution in [0.3, 0.4) is 0 Å². The molecule has 0 aliphatic rings. The summed E-state index contributed by atoms with van der Waals surface area (Å²) in [6.45, 7) is 0.590. The summed E-state index contributed by atoms with van der Waals surface area (Å²) in [5.74, 6) is -1.75. The number of phenolic OH excluding ortho intramolecular Hbond substituents is 2. The van der Waals surface area contributed by atoms with Gasteiger partial charge in [0.1, 0.15) is 24.7 Å². The molecule has 1 unspecified atom stereocenters. The monoisotopic (exact) mass is 426 g/mol. The first-order valence-electron chi connectivity index (χ1n) is 9.27. The van der Waals surface area contributed by atoms with Gasteiger partial charge in [-0.15, -0.1) is 0 Å². The van der Waals surface area contributed by atoms with Gasteiger partial charge in [-0.05, 0) is 47.5 Å². The Bertz CT molecular complexity index is 871. The lowest BCUT2D eigenvalue weighted by Gasteiger charge is -2.16. The number of carbonyl (C=O) groups is 3. The summed E-state index contributed by atoms with van der Waals surface area (Å²) in [7, 11) is 0. The normalized spacial score (nSPS) is 11.9. The molecule has 0 radical (unpaired) electrons. The fraction of sp³-hybridized carbons (Fsp3) is 0.174. The fourth-order valence-electron chi connectivity index (χ4n) is 2.30. The molecule has 0 amide bonds. The highest BCUT2D eigenvalue weighted by Crippen LogP contribution is 2.12. The third kappa shape index (κ3) is 9.31. The molecule has 0 saturated heterocycles. The standard InChI is InChI=1S/C23H22O8/c1-16(24)31-21(14-29-22(27)12-6-17-2-8-19(25)9-3-17)15-30-23(28)13-7-18-4-10-20(26)11-5-18/h2-13,21,25-26H,14-15H2,1H3/b12-6+,13-7?. The van der Waals surface area contributed by atoms with Gasteiger partial charge in [-0.1, -0.05) is 24.3 Å². The fourth-order valence-corrected chi connectivity index (χ4v) is 2.30. The number of aromatic hydroxyl groups is 2. The van der Waals surface area contributed by atoms with Crippen LogP contribution >= 0.6 is 0 Å². The number of ether oxygens (including phenoxy) is 3. The molecule has 2 N–H and O–H groups in total. The maximum atomic E-state index is 11.9. The van der Waals surface area contributed by atoms with E-state index in [-0.39, 0.29) is 24.7 Å². The highest BCUT2D eigenvalue weighted by molar-refractivity contribution is 5.87. The van der Waals surface area contributed by atoms with Crippen LogP contribution in [0.2, 0.25) is 0 Å². The maximum Gasteiger partial charge on any atom is 0.330 e. The van der Waals surface area contributed by atoms with Crippen molar-refractivity contribution in [2.24, 2.45) is 0 Å². The summed E-state index contributed by atoms with van der Waals surface area (Å²) in [5.41, 5.74) is 1.36. The maximum absolute atomic E-state index is 11.9. The Labute approximate surface area is 179 Å². The van der Waals surface area contributed by atoms with Gasteiger partial charge in [-0.25, -0.2) is 9.59 Å². The lowest BCUT2D eigenvalue weighted by atomic mass is 10.2. The van der Waals surface area contributed by atoms with E-state index in [9.17, 15) is 24.6 Å². The van der Waals surface area contributed by atoms with Crippen LogP contribution in [0.1, 0.15) is 18.1 Å². The smallest absolute Gasteiger partial charge is 0.330 e. The lowest BCUT2D eigenvalue weighted by molar-refractivity contribution is -0.162. The van der Waals surface area contributed by atoms with Crippen molar-refractivity contribution in [3.8, 4) is 11.5 Å². The minimum Gasteiger partial charge on any atom is -0.508 e. The number of carbonyl (C=O) groups excluding carboxylic acids is 3. The largest absolute Gasteiger partial charge is 0.508 e. The molecule has 0 heterocycles. The molecule has 1 atom stereocenters. The van der Waals surface area contributed by atoms with Crippen molar-refractivity contribution in [2.75, 3.05) is 13.2 Å². The average molecular weight is 426 g/mol. The Morgan fingerprint density at radius 2 is 1.16 bits per heavy atom. The van der Waals surface area contributed by atoms with Gasteiger partial charge >= 0.3 is 17.9 Å². The van der Waals surface area contributed by atoms with Crippen LogP contribution in [0.4, 0.5) is 0 Å². The predicted molar refractivity (Wildman–Crippen MR) is 112 cm³/mol. The van der Waals surface area contributed by atoms with Crippen LogP contribution < -0.4 is 0 Å². The zero-order valence-electron chi connectivity index (χ0n) is 16.8. The SMILES string of the molecule is CC(=O)OC(COC(=O)C=Cc1ccc(O)cc1)COC(=O)/C=C/c1ccc(O)cc1. The number of esters is 3. The van der Waals surface area contributed by atoms with Crippen LogP contribution in [0, 0.1) is 0 Å². The van der Waals surface area contributed by atoms with E-state index in [4.69, 9.17) is 14.2 Å². The zero-order chi connectivity index (χ0) is 22.6. The second-order valence-corrected chi connectivity index (χ2v) is 6.34. The van der Waals surface area contributed by atoms with Crippen molar-refractivity contribution in [1.82, 2.24) is 0 Å². The van der Waals surface area contributed by atoms with E-state index in [0.717, 1.165) is 0 Å². The Balaban J connectivity index is 1.82. The highest BCUT2D eigenvalue weighted by atomic mass is 16.6.